The lowest BCUT2D eigenvalue weighted by Gasteiger charge is -2.24. The number of para-hydroxylation sites is 1. The Hall–Kier alpha value is -2.31. The van der Waals surface area contributed by atoms with E-state index in [0.717, 1.165) is 11.8 Å². The third-order valence-corrected chi connectivity index (χ3v) is 3.39. The second kappa shape index (κ2) is 7.07. The van der Waals surface area contributed by atoms with Crippen LogP contribution in [0, 0.1) is 12.8 Å². The topological polar surface area (TPSA) is 38.2 Å². The largest absolute Gasteiger partial charge is 0.463 e. The fourth-order valence-electron chi connectivity index (χ4n) is 2.18. The van der Waals surface area contributed by atoms with Crippen molar-refractivity contribution in [3.8, 4) is 6.01 Å². The van der Waals surface area contributed by atoms with Gasteiger partial charge >= 0.3 is 12.2 Å². The van der Waals surface area contributed by atoms with Crippen molar-refractivity contribution in [2.45, 2.75) is 26.9 Å². The van der Waals surface area contributed by atoms with Gasteiger partial charge < -0.3 is 9.64 Å². The minimum absolute atomic E-state index is 0.0628. The number of halogens is 3. The van der Waals surface area contributed by atoms with Gasteiger partial charge in [0.25, 0.3) is 0 Å². The first-order chi connectivity index (χ1) is 11.2. The Morgan fingerprint density at radius 2 is 1.88 bits per heavy atom. The Morgan fingerprint density at radius 3 is 2.46 bits per heavy atom. The molecule has 2 aromatic rings. The molecule has 7 heteroatoms. The van der Waals surface area contributed by atoms with Gasteiger partial charge in [0, 0.05) is 18.9 Å². The number of hydrogen-bond acceptors (Lipinski definition) is 4. The van der Waals surface area contributed by atoms with Gasteiger partial charge in [-0.2, -0.15) is 18.2 Å². The van der Waals surface area contributed by atoms with Crippen molar-refractivity contribution in [3.63, 3.8) is 0 Å². The van der Waals surface area contributed by atoms with E-state index in [2.05, 4.69) is 9.97 Å². The third-order valence-electron chi connectivity index (χ3n) is 3.39. The van der Waals surface area contributed by atoms with Crippen molar-refractivity contribution in [1.82, 2.24) is 9.97 Å². The first-order valence-corrected chi connectivity index (χ1v) is 7.56. The molecule has 0 radical (unpaired) electrons. The molecule has 0 saturated carbocycles. The Kier molecular flexibility index (Phi) is 5.31. The fourth-order valence-corrected chi connectivity index (χ4v) is 2.18. The van der Waals surface area contributed by atoms with Gasteiger partial charge in [0.1, 0.15) is 5.56 Å². The molecule has 1 aromatic carbocycles. The SMILES string of the molecule is Cc1ccccc1N(C)c1nc(OCC(C)C)ncc1C(F)(F)F. The van der Waals surface area contributed by atoms with Crippen molar-refractivity contribution in [2.24, 2.45) is 5.92 Å². The van der Waals surface area contributed by atoms with E-state index in [1.54, 1.807) is 19.2 Å². The zero-order valence-corrected chi connectivity index (χ0v) is 14.1. The van der Waals surface area contributed by atoms with E-state index < -0.39 is 11.7 Å². The summed E-state index contributed by atoms with van der Waals surface area (Å²) in [5.41, 5.74) is 0.582. The van der Waals surface area contributed by atoms with E-state index in [-0.39, 0.29) is 17.7 Å². The Bertz CT molecular complexity index is 702. The van der Waals surface area contributed by atoms with E-state index in [1.165, 1.54) is 4.90 Å². The average molecular weight is 339 g/mol. The highest BCUT2D eigenvalue weighted by atomic mass is 19.4. The lowest BCUT2D eigenvalue weighted by molar-refractivity contribution is -0.137. The summed E-state index contributed by atoms with van der Waals surface area (Å²) in [6.07, 6.45) is -3.78. The van der Waals surface area contributed by atoms with Crippen molar-refractivity contribution in [3.05, 3.63) is 41.6 Å². The summed E-state index contributed by atoms with van der Waals surface area (Å²) in [7, 11) is 1.55. The highest BCUT2D eigenvalue weighted by Crippen LogP contribution is 2.38. The van der Waals surface area contributed by atoms with Crippen molar-refractivity contribution < 1.29 is 17.9 Å². The van der Waals surface area contributed by atoms with Crippen LogP contribution in [-0.2, 0) is 6.18 Å². The number of aryl methyl sites for hydroxylation is 1. The van der Waals surface area contributed by atoms with Gasteiger partial charge in [-0.15, -0.1) is 0 Å². The molecule has 0 bridgehead atoms. The molecule has 24 heavy (non-hydrogen) atoms. The first-order valence-electron chi connectivity index (χ1n) is 7.56. The summed E-state index contributed by atoms with van der Waals surface area (Å²) in [5, 5.41) is 0. The number of alkyl halides is 3. The van der Waals surface area contributed by atoms with Gasteiger partial charge in [0.15, 0.2) is 5.82 Å². The average Bonchev–Trinajstić information content (AvgIpc) is 2.51. The summed E-state index contributed by atoms with van der Waals surface area (Å²) in [5.74, 6) is -0.0148. The maximum Gasteiger partial charge on any atom is 0.421 e. The fraction of sp³-hybridized carbons (Fsp3) is 0.412. The number of rotatable bonds is 5. The zero-order chi connectivity index (χ0) is 17.9. The lowest BCUT2D eigenvalue weighted by Crippen LogP contribution is -2.20. The number of nitrogens with zero attached hydrogens (tertiary/aromatic N) is 3. The predicted molar refractivity (Wildman–Crippen MR) is 86.6 cm³/mol. The Labute approximate surface area is 139 Å². The molecule has 0 atom stereocenters. The molecule has 0 saturated heterocycles. The number of ether oxygens (including phenoxy) is 1. The van der Waals surface area contributed by atoms with E-state index in [1.807, 2.05) is 32.9 Å². The zero-order valence-electron chi connectivity index (χ0n) is 14.1. The van der Waals surface area contributed by atoms with E-state index >= 15 is 0 Å². The molecule has 0 aliphatic carbocycles. The Morgan fingerprint density at radius 1 is 1.21 bits per heavy atom. The summed E-state index contributed by atoms with van der Waals surface area (Å²) >= 11 is 0. The van der Waals surface area contributed by atoms with Crippen LogP contribution in [0.2, 0.25) is 0 Å². The molecule has 0 amide bonds. The molecule has 2 rings (SSSR count). The predicted octanol–water partition coefficient (Wildman–Crippen LogP) is 4.61. The minimum Gasteiger partial charge on any atom is -0.463 e. The minimum atomic E-state index is -4.55. The third kappa shape index (κ3) is 4.15. The molecular formula is C17H20F3N3O. The number of aromatic nitrogens is 2. The monoisotopic (exact) mass is 339 g/mol. The molecule has 1 aromatic heterocycles. The number of benzene rings is 1. The lowest BCUT2D eigenvalue weighted by atomic mass is 10.1. The number of anilines is 2. The molecule has 0 spiro atoms. The highest BCUT2D eigenvalue weighted by Gasteiger charge is 2.37. The summed E-state index contributed by atoms with van der Waals surface area (Å²) in [6, 6.07) is 7.10. The quantitative estimate of drug-likeness (QED) is 0.797. The van der Waals surface area contributed by atoms with Gasteiger partial charge in [-0.25, -0.2) is 4.98 Å². The van der Waals surface area contributed by atoms with Crippen LogP contribution in [0.1, 0.15) is 25.0 Å². The van der Waals surface area contributed by atoms with Crippen LogP contribution < -0.4 is 9.64 Å². The van der Waals surface area contributed by atoms with E-state index in [0.29, 0.717) is 12.3 Å². The van der Waals surface area contributed by atoms with Gasteiger partial charge in [0.05, 0.1) is 6.61 Å². The van der Waals surface area contributed by atoms with Crippen LogP contribution in [0.25, 0.3) is 0 Å². The molecule has 0 aliphatic rings. The van der Waals surface area contributed by atoms with Crippen molar-refractivity contribution >= 4 is 11.5 Å². The first kappa shape index (κ1) is 18.0. The van der Waals surface area contributed by atoms with Crippen LogP contribution in [0.4, 0.5) is 24.7 Å². The van der Waals surface area contributed by atoms with Gasteiger partial charge in [-0.1, -0.05) is 32.0 Å². The second-order valence-corrected chi connectivity index (χ2v) is 5.94. The van der Waals surface area contributed by atoms with Crippen LogP contribution >= 0.6 is 0 Å². The molecule has 4 nitrogen and oxygen atoms in total. The molecule has 1 heterocycles. The van der Waals surface area contributed by atoms with Gasteiger partial charge in [-0.05, 0) is 24.5 Å². The van der Waals surface area contributed by atoms with Crippen LogP contribution in [-0.4, -0.2) is 23.6 Å². The van der Waals surface area contributed by atoms with Crippen molar-refractivity contribution in [2.75, 3.05) is 18.6 Å². The number of hydrogen-bond donors (Lipinski definition) is 0. The molecular weight excluding hydrogens is 319 g/mol. The van der Waals surface area contributed by atoms with Crippen LogP contribution in [0.5, 0.6) is 6.01 Å². The molecule has 0 aliphatic heterocycles. The van der Waals surface area contributed by atoms with Gasteiger partial charge in [-0.3, -0.25) is 0 Å². The maximum absolute atomic E-state index is 13.3. The van der Waals surface area contributed by atoms with Gasteiger partial charge in [0.2, 0.25) is 0 Å². The second-order valence-electron chi connectivity index (χ2n) is 5.94. The van der Waals surface area contributed by atoms with E-state index in [4.69, 9.17) is 4.74 Å². The Balaban J connectivity index is 2.47. The molecule has 0 fully saturated rings. The van der Waals surface area contributed by atoms with Crippen molar-refractivity contribution in [1.29, 1.82) is 0 Å². The highest BCUT2D eigenvalue weighted by molar-refractivity contribution is 5.65. The summed E-state index contributed by atoms with van der Waals surface area (Å²) in [4.78, 5) is 9.10. The molecule has 0 unspecified atom stereocenters. The molecule has 0 N–H and O–H groups in total. The smallest absolute Gasteiger partial charge is 0.421 e. The summed E-state index contributed by atoms with van der Waals surface area (Å²) in [6.45, 7) is 6.03. The van der Waals surface area contributed by atoms with E-state index in [9.17, 15) is 13.2 Å². The maximum atomic E-state index is 13.3. The summed E-state index contributed by atoms with van der Waals surface area (Å²) < 4.78 is 45.3. The van der Waals surface area contributed by atoms with Crippen LogP contribution in [0.3, 0.4) is 0 Å². The standard InChI is InChI=1S/C17H20F3N3O/c1-11(2)10-24-16-21-9-13(17(18,19)20)15(22-16)23(4)14-8-6-5-7-12(14)3/h5-9,11H,10H2,1-4H3. The molecule has 130 valence electrons. The normalized spacial score (nSPS) is 11.7. The van der Waals surface area contributed by atoms with Crippen LogP contribution in [0.15, 0.2) is 30.5 Å².